The van der Waals surface area contributed by atoms with E-state index in [4.69, 9.17) is 9.84 Å². The summed E-state index contributed by atoms with van der Waals surface area (Å²) in [5.41, 5.74) is 0.373. The van der Waals surface area contributed by atoms with E-state index in [9.17, 15) is 10.1 Å². The molecular formula is C10H13IN2O4. The van der Waals surface area contributed by atoms with Crippen LogP contribution in [0.4, 0.5) is 11.4 Å². The standard InChI is InChI=1S/C10H13IN2O4/c1-17-6-8(5-14)12-9-3-2-7(11)4-10(9)13(15)16/h2-4,8,12,14H,5-6H2,1H3. The molecule has 1 aromatic carbocycles. The Morgan fingerprint density at radius 1 is 1.65 bits per heavy atom. The quantitative estimate of drug-likeness (QED) is 0.462. The SMILES string of the molecule is COCC(CO)Nc1ccc(I)cc1[N+](=O)[O-]. The first-order valence-electron chi connectivity index (χ1n) is 4.88. The van der Waals surface area contributed by atoms with Crippen LogP contribution in [-0.2, 0) is 4.74 Å². The Bertz CT molecular complexity index is 400. The van der Waals surface area contributed by atoms with Crippen molar-refractivity contribution in [2.45, 2.75) is 6.04 Å². The molecule has 17 heavy (non-hydrogen) atoms. The molecule has 0 aliphatic rings. The molecule has 0 aliphatic heterocycles. The number of halogens is 1. The normalized spacial score (nSPS) is 12.2. The Morgan fingerprint density at radius 2 is 2.35 bits per heavy atom. The maximum Gasteiger partial charge on any atom is 0.293 e. The summed E-state index contributed by atoms with van der Waals surface area (Å²) < 4.78 is 5.68. The molecule has 0 aromatic heterocycles. The van der Waals surface area contributed by atoms with Crippen molar-refractivity contribution in [3.8, 4) is 0 Å². The predicted octanol–water partition coefficient (Wildman–Crippen LogP) is 1.62. The second-order valence-corrected chi connectivity index (χ2v) is 4.64. The minimum atomic E-state index is -0.453. The number of nitrogens with zero attached hydrogens (tertiary/aromatic N) is 1. The molecule has 1 rings (SSSR count). The van der Waals surface area contributed by atoms with E-state index in [1.54, 1.807) is 12.1 Å². The van der Waals surface area contributed by atoms with Gasteiger partial charge in [-0.15, -0.1) is 0 Å². The first kappa shape index (κ1) is 14.1. The van der Waals surface area contributed by atoms with E-state index in [1.807, 2.05) is 22.6 Å². The summed E-state index contributed by atoms with van der Waals surface area (Å²) in [5, 5.41) is 22.8. The lowest BCUT2D eigenvalue weighted by molar-refractivity contribution is -0.384. The molecule has 0 radical (unpaired) electrons. The second-order valence-electron chi connectivity index (χ2n) is 3.40. The van der Waals surface area contributed by atoms with E-state index in [1.165, 1.54) is 13.2 Å². The summed E-state index contributed by atoms with van der Waals surface area (Å²) in [4.78, 5) is 10.4. The molecular weight excluding hydrogens is 339 g/mol. The van der Waals surface area contributed by atoms with E-state index in [-0.39, 0.29) is 24.9 Å². The zero-order chi connectivity index (χ0) is 12.8. The van der Waals surface area contributed by atoms with Crippen LogP contribution in [-0.4, -0.2) is 36.4 Å². The maximum atomic E-state index is 10.9. The number of ether oxygens (including phenoxy) is 1. The average Bonchev–Trinajstić information content (AvgIpc) is 2.30. The van der Waals surface area contributed by atoms with Crippen molar-refractivity contribution in [3.05, 3.63) is 31.9 Å². The zero-order valence-electron chi connectivity index (χ0n) is 9.22. The molecule has 1 unspecified atom stereocenters. The molecule has 7 heteroatoms. The van der Waals surface area contributed by atoms with Crippen LogP contribution in [0.5, 0.6) is 0 Å². The van der Waals surface area contributed by atoms with Crippen LogP contribution in [0.3, 0.4) is 0 Å². The van der Waals surface area contributed by atoms with Crippen molar-refractivity contribution in [1.82, 2.24) is 0 Å². The van der Waals surface area contributed by atoms with Crippen molar-refractivity contribution in [1.29, 1.82) is 0 Å². The average molecular weight is 352 g/mol. The van der Waals surface area contributed by atoms with Crippen molar-refractivity contribution in [2.24, 2.45) is 0 Å². The number of rotatable bonds is 6. The molecule has 2 N–H and O–H groups in total. The molecule has 0 aliphatic carbocycles. The summed E-state index contributed by atoms with van der Waals surface area (Å²) >= 11 is 2.01. The van der Waals surface area contributed by atoms with Gasteiger partial charge in [-0.05, 0) is 34.7 Å². The van der Waals surface area contributed by atoms with Gasteiger partial charge in [-0.2, -0.15) is 0 Å². The summed E-state index contributed by atoms with van der Waals surface area (Å²) in [6.07, 6.45) is 0. The molecule has 1 aromatic rings. The molecule has 0 fully saturated rings. The molecule has 94 valence electrons. The highest BCUT2D eigenvalue weighted by molar-refractivity contribution is 14.1. The number of hydrogen-bond acceptors (Lipinski definition) is 5. The highest BCUT2D eigenvalue weighted by Gasteiger charge is 2.17. The van der Waals surface area contributed by atoms with Crippen molar-refractivity contribution >= 4 is 34.0 Å². The number of aliphatic hydroxyl groups is 1. The van der Waals surface area contributed by atoms with E-state index in [0.29, 0.717) is 5.69 Å². The summed E-state index contributed by atoms with van der Waals surface area (Å²) in [6.45, 7) is 0.122. The largest absolute Gasteiger partial charge is 0.394 e. The first-order chi connectivity index (χ1) is 8.08. The highest BCUT2D eigenvalue weighted by atomic mass is 127. The van der Waals surface area contributed by atoms with Gasteiger partial charge in [0.1, 0.15) is 5.69 Å². The Hall–Kier alpha value is -0.930. The number of anilines is 1. The third kappa shape index (κ3) is 4.10. The van der Waals surface area contributed by atoms with Crippen LogP contribution in [0, 0.1) is 13.7 Å². The van der Waals surface area contributed by atoms with E-state index in [0.717, 1.165) is 3.57 Å². The van der Waals surface area contributed by atoms with Gasteiger partial charge < -0.3 is 15.2 Å². The predicted molar refractivity (Wildman–Crippen MR) is 72.2 cm³/mol. The van der Waals surface area contributed by atoms with Gasteiger partial charge in [0, 0.05) is 16.7 Å². The lowest BCUT2D eigenvalue weighted by Gasteiger charge is -2.16. The third-order valence-corrected chi connectivity index (χ3v) is 2.78. The Kier molecular flexibility index (Phi) is 5.59. The van der Waals surface area contributed by atoms with Gasteiger partial charge in [0.25, 0.3) is 5.69 Å². The van der Waals surface area contributed by atoms with Crippen LogP contribution >= 0.6 is 22.6 Å². The van der Waals surface area contributed by atoms with Crippen molar-refractivity contribution in [2.75, 3.05) is 25.6 Å². The van der Waals surface area contributed by atoms with Gasteiger partial charge >= 0.3 is 0 Å². The number of aliphatic hydroxyl groups excluding tert-OH is 1. The fraction of sp³-hybridized carbons (Fsp3) is 0.400. The molecule has 0 saturated heterocycles. The monoisotopic (exact) mass is 352 g/mol. The van der Waals surface area contributed by atoms with Crippen molar-refractivity contribution in [3.63, 3.8) is 0 Å². The number of hydrogen-bond donors (Lipinski definition) is 2. The maximum absolute atomic E-state index is 10.9. The summed E-state index contributed by atoms with van der Waals surface area (Å²) in [5.74, 6) is 0. The molecule has 1 atom stereocenters. The minimum absolute atomic E-state index is 0.00791. The lowest BCUT2D eigenvalue weighted by Crippen LogP contribution is -2.29. The Labute approximate surface area is 112 Å². The topological polar surface area (TPSA) is 84.6 Å². The highest BCUT2D eigenvalue weighted by Crippen LogP contribution is 2.26. The van der Waals surface area contributed by atoms with Crippen LogP contribution in [0.1, 0.15) is 0 Å². The summed E-state index contributed by atoms with van der Waals surface area (Å²) in [7, 11) is 1.51. The Morgan fingerprint density at radius 3 is 2.88 bits per heavy atom. The fourth-order valence-corrected chi connectivity index (χ4v) is 1.81. The smallest absolute Gasteiger partial charge is 0.293 e. The van der Waals surface area contributed by atoms with Crippen LogP contribution in [0.15, 0.2) is 18.2 Å². The van der Waals surface area contributed by atoms with Gasteiger partial charge in [-0.3, -0.25) is 10.1 Å². The van der Waals surface area contributed by atoms with Crippen LogP contribution in [0.2, 0.25) is 0 Å². The summed E-state index contributed by atoms with van der Waals surface area (Å²) in [6, 6.07) is 4.50. The molecule has 6 nitrogen and oxygen atoms in total. The first-order valence-corrected chi connectivity index (χ1v) is 5.96. The second kappa shape index (κ2) is 6.72. The van der Waals surface area contributed by atoms with Gasteiger partial charge in [0.2, 0.25) is 0 Å². The van der Waals surface area contributed by atoms with Gasteiger partial charge in [0.05, 0.1) is 24.2 Å². The molecule has 0 bridgehead atoms. The van der Waals surface area contributed by atoms with E-state index in [2.05, 4.69) is 5.32 Å². The number of nitro groups is 1. The van der Waals surface area contributed by atoms with Gasteiger partial charge in [0.15, 0.2) is 0 Å². The molecule has 0 saturated carbocycles. The van der Waals surface area contributed by atoms with Crippen LogP contribution in [0.25, 0.3) is 0 Å². The fourth-order valence-electron chi connectivity index (χ4n) is 1.34. The molecule has 0 amide bonds. The van der Waals surface area contributed by atoms with Crippen molar-refractivity contribution < 1.29 is 14.8 Å². The van der Waals surface area contributed by atoms with Gasteiger partial charge in [-0.1, -0.05) is 0 Å². The molecule has 0 spiro atoms. The van der Waals surface area contributed by atoms with Gasteiger partial charge in [-0.25, -0.2) is 0 Å². The number of benzene rings is 1. The lowest BCUT2D eigenvalue weighted by atomic mass is 10.2. The van der Waals surface area contributed by atoms with E-state index < -0.39 is 4.92 Å². The zero-order valence-corrected chi connectivity index (χ0v) is 11.4. The number of nitrogens with one attached hydrogen (secondary N) is 1. The number of methoxy groups -OCH3 is 1. The number of nitro benzene ring substituents is 1. The molecule has 0 heterocycles. The van der Waals surface area contributed by atoms with E-state index >= 15 is 0 Å². The minimum Gasteiger partial charge on any atom is -0.394 e. The van der Waals surface area contributed by atoms with Crippen LogP contribution < -0.4 is 5.32 Å². The Balaban J connectivity index is 2.92. The third-order valence-electron chi connectivity index (χ3n) is 2.10.